The molecular formula is C20H24N2O3S. The van der Waals surface area contributed by atoms with E-state index in [0.29, 0.717) is 38.3 Å². The predicted octanol–water partition coefficient (Wildman–Crippen LogP) is 2.82. The Morgan fingerprint density at radius 2 is 1.65 bits per heavy atom. The molecular weight excluding hydrogens is 348 g/mol. The molecule has 0 spiro atoms. The highest BCUT2D eigenvalue weighted by Crippen LogP contribution is 2.13. The normalized spacial score (nSPS) is 14.8. The highest BCUT2D eigenvalue weighted by atomic mass is 32.1. The number of aryl methyl sites for hydroxylation is 1. The summed E-state index contributed by atoms with van der Waals surface area (Å²) in [6, 6.07) is 13.4. The van der Waals surface area contributed by atoms with Gasteiger partial charge in [0.2, 0.25) is 5.91 Å². The average Bonchev–Trinajstić information content (AvgIpc) is 3.07. The predicted molar refractivity (Wildman–Crippen MR) is 102 cm³/mol. The molecule has 6 heteroatoms. The van der Waals surface area contributed by atoms with Crippen molar-refractivity contribution in [2.45, 2.75) is 19.3 Å². The van der Waals surface area contributed by atoms with Crippen LogP contribution in [0.25, 0.3) is 0 Å². The third kappa shape index (κ3) is 5.33. The van der Waals surface area contributed by atoms with Crippen LogP contribution in [-0.4, -0.2) is 54.4 Å². The van der Waals surface area contributed by atoms with E-state index < -0.39 is 0 Å². The lowest BCUT2D eigenvalue weighted by molar-refractivity contribution is -0.134. The van der Waals surface area contributed by atoms with Crippen LogP contribution in [0, 0.1) is 0 Å². The molecule has 0 aliphatic carbocycles. The minimum absolute atomic E-state index is 0.0262. The van der Waals surface area contributed by atoms with E-state index in [0.717, 1.165) is 12.8 Å². The first-order valence-corrected chi connectivity index (χ1v) is 9.86. The molecule has 0 N–H and O–H groups in total. The molecule has 0 bridgehead atoms. The number of amides is 2. The maximum Gasteiger partial charge on any atom is 0.260 e. The maximum absolute atomic E-state index is 12.4. The minimum atomic E-state index is -0.0262. The zero-order valence-corrected chi connectivity index (χ0v) is 15.6. The van der Waals surface area contributed by atoms with Crippen molar-refractivity contribution in [3.8, 4) is 5.75 Å². The van der Waals surface area contributed by atoms with Gasteiger partial charge in [-0.15, -0.1) is 11.3 Å². The van der Waals surface area contributed by atoms with Crippen LogP contribution in [0.3, 0.4) is 0 Å². The second-order valence-corrected chi connectivity index (χ2v) is 7.33. The van der Waals surface area contributed by atoms with Crippen LogP contribution in [0.5, 0.6) is 5.75 Å². The lowest BCUT2D eigenvalue weighted by Crippen LogP contribution is -2.39. The summed E-state index contributed by atoms with van der Waals surface area (Å²) in [6.45, 7) is 2.59. The first kappa shape index (κ1) is 18.5. The zero-order chi connectivity index (χ0) is 18.2. The van der Waals surface area contributed by atoms with Crippen molar-refractivity contribution in [3.63, 3.8) is 0 Å². The molecule has 1 aliphatic heterocycles. The van der Waals surface area contributed by atoms with Crippen molar-refractivity contribution in [1.82, 2.24) is 9.80 Å². The van der Waals surface area contributed by atoms with E-state index in [9.17, 15) is 9.59 Å². The number of rotatable bonds is 6. The standard InChI is InChI=1S/C20H24N2O3S/c23-19(10-9-18-8-4-15-26-18)21-11-5-12-22(14-13-21)20(24)16-25-17-6-2-1-3-7-17/h1-4,6-8,15H,5,9-14,16H2. The Hall–Kier alpha value is -2.34. The lowest BCUT2D eigenvalue weighted by Gasteiger charge is -2.22. The van der Waals surface area contributed by atoms with Crippen LogP contribution in [0.2, 0.25) is 0 Å². The maximum atomic E-state index is 12.4. The van der Waals surface area contributed by atoms with E-state index in [4.69, 9.17) is 4.74 Å². The number of hydrogen-bond acceptors (Lipinski definition) is 4. The molecule has 26 heavy (non-hydrogen) atoms. The summed E-state index contributed by atoms with van der Waals surface area (Å²) in [5.74, 6) is 0.844. The number of carbonyl (C=O) groups is 2. The van der Waals surface area contributed by atoms with Gasteiger partial charge in [0, 0.05) is 37.5 Å². The topological polar surface area (TPSA) is 49.9 Å². The van der Waals surface area contributed by atoms with E-state index in [1.807, 2.05) is 46.7 Å². The van der Waals surface area contributed by atoms with Crippen molar-refractivity contribution < 1.29 is 14.3 Å². The van der Waals surface area contributed by atoms with Crippen molar-refractivity contribution >= 4 is 23.2 Å². The first-order chi connectivity index (χ1) is 12.7. The third-order valence-electron chi connectivity index (χ3n) is 4.47. The van der Waals surface area contributed by atoms with Gasteiger partial charge >= 0.3 is 0 Å². The summed E-state index contributed by atoms with van der Waals surface area (Å²) in [7, 11) is 0. The van der Waals surface area contributed by atoms with Gasteiger partial charge in [0.25, 0.3) is 5.91 Å². The van der Waals surface area contributed by atoms with Gasteiger partial charge in [-0.25, -0.2) is 0 Å². The highest BCUT2D eigenvalue weighted by molar-refractivity contribution is 7.09. The summed E-state index contributed by atoms with van der Waals surface area (Å²) in [6.07, 6.45) is 2.13. The molecule has 1 saturated heterocycles. The SMILES string of the molecule is O=C(CCc1cccs1)N1CCCN(C(=O)COc2ccccc2)CC1. The molecule has 1 aromatic carbocycles. The molecule has 3 rings (SSSR count). The monoisotopic (exact) mass is 372 g/mol. The molecule has 1 aromatic heterocycles. The van der Waals surface area contributed by atoms with E-state index >= 15 is 0 Å². The number of thiophene rings is 1. The minimum Gasteiger partial charge on any atom is -0.484 e. The fraction of sp³-hybridized carbons (Fsp3) is 0.400. The van der Waals surface area contributed by atoms with Crippen LogP contribution >= 0.6 is 11.3 Å². The van der Waals surface area contributed by atoms with Gasteiger partial charge in [-0.3, -0.25) is 9.59 Å². The number of hydrogen-bond donors (Lipinski definition) is 0. The van der Waals surface area contributed by atoms with Crippen LogP contribution in [-0.2, 0) is 16.0 Å². The second kappa shape index (κ2) is 9.38. The molecule has 2 heterocycles. The summed E-state index contributed by atoms with van der Waals surface area (Å²) in [5.41, 5.74) is 0. The average molecular weight is 372 g/mol. The lowest BCUT2D eigenvalue weighted by atomic mass is 10.2. The molecule has 2 amide bonds. The van der Waals surface area contributed by atoms with Crippen molar-refractivity contribution in [2.24, 2.45) is 0 Å². The van der Waals surface area contributed by atoms with Gasteiger partial charge in [0.15, 0.2) is 6.61 Å². The Morgan fingerprint density at radius 1 is 0.923 bits per heavy atom. The van der Waals surface area contributed by atoms with Crippen molar-refractivity contribution in [2.75, 3.05) is 32.8 Å². The van der Waals surface area contributed by atoms with Gasteiger partial charge in [0.05, 0.1) is 0 Å². The Kier molecular flexibility index (Phi) is 6.66. The zero-order valence-electron chi connectivity index (χ0n) is 14.8. The largest absolute Gasteiger partial charge is 0.484 e. The molecule has 0 radical (unpaired) electrons. The molecule has 1 aliphatic rings. The highest BCUT2D eigenvalue weighted by Gasteiger charge is 2.22. The van der Waals surface area contributed by atoms with Gasteiger partial charge in [-0.2, -0.15) is 0 Å². The fourth-order valence-electron chi connectivity index (χ4n) is 3.01. The second-order valence-electron chi connectivity index (χ2n) is 6.30. The number of benzene rings is 1. The molecule has 0 saturated carbocycles. The van der Waals surface area contributed by atoms with Crippen molar-refractivity contribution in [1.29, 1.82) is 0 Å². The molecule has 1 fully saturated rings. The van der Waals surface area contributed by atoms with Crippen LogP contribution < -0.4 is 4.74 Å². The Labute approximate surface area is 158 Å². The number of nitrogens with zero attached hydrogens (tertiary/aromatic N) is 2. The smallest absolute Gasteiger partial charge is 0.260 e. The molecule has 5 nitrogen and oxygen atoms in total. The van der Waals surface area contributed by atoms with E-state index in [1.54, 1.807) is 16.2 Å². The summed E-state index contributed by atoms with van der Waals surface area (Å²) < 4.78 is 5.55. The quantitative estimate of drug-likeness (QED) is 0.783. The molecule has 2 aromatic rings. The Bertz CT molecular complexity index is 703. The van der Waals surface area contributed by atoms with Gasteiger partial charge in [0.1, 0.15) is 5.75 Å². The van der Waals surface area contributed by atoms with Gasteiger partial charge in [-0.05, 0) is 36.4 Å². The summed E-state index contributed by atoms with van der Waals surface area (Å²) in [4.78, 5) is 29.7. The number of carbonyl (C=O) groups excluding carboxylic acids is 2. The molecule has 0 unspecified atom stereocenters. The Morgan fingerprint density at radius 3 is 2.35 bits per heavy atom. The van der Waals surface area contributed by atoms with Crippen LogP contribution in [0.4, 0.5) is 0 Å². The number of ether oxygens (including phenoxy) is 1. The van der Waals surface area contributed by atoms with E-state index in [-0.39, 0.29) is 18.4 Å². The summed E-state index contributed by atoms with van der Waals surface area (Å²) >= 11 is 1.69. The molecule has 138 valence electrons. The third-order valence-corrected chi connectivity index (χ3v) is 5.41. The van der Waals surface area contributed by atoms with Gasteiger partial charge < -0.3 is 14.5 Å². The fourth-order valence-corrected chi connectivity index (χ4v) is 3.72. The summed E-state index contributed by atoms with van der Waals surface area (Å²) in [5, 5.41) is 2.03. The van der Waals surface area contributed by atoms with E-state index in [2.05, 4.69) is 6.07 Å². The van der Waals surface area contributed by atoms with Gasteiger partial charge in [-0.1, -0.05) is 24.3 Å². The van der Waals surface area contributed by atoms with Crippen molar-refractivity contribution in [3.05, 3.63) is 52.7 Å². The number of para-hydroxylation sites is 1. The molecule has 0 atom stereocenters. The van der Waals surface area contributed by atoms with Crippen LogP contribution in [0.1, 0.15) is 17.7 Å². The van der Waals surface area contributed by atoms with Crippen LogP contribution in [0.15, 0.2) is 47.8 Å². The first-order valence-electron chi connectivity index (χ1n) is 8.98. The Balaban J connectivity index is 1.43. The van der Waals surface area contributed by atoms with E-state index in [1.165, 1.54) is 4.88 Å².